The summed E-state index contributed by atoms with van der Waals surface area (Å²) in [6.07, 6.45) is -4.60. The highest BCUT2D eigenvalue weighted by molar-refractivity contribution is 5.99. The molecule has 1 atom stereocenters. The summed E-state index contributed by atoms with van der Waals surface area (Å²) >= 11 is 0. The van der Waals surface area contributed by atoms with E-state index < -0.39 is 29.6 Å². The number of ketones is 1. The second kappa shape index (κ2) is 9.53. The number of para-hydroxylation sites is 1. The van der Waals surface area contributed by atoms with Crippen molar-refractivity contribution in [3.63, 3.8) is 0 Å². The van der Waals surface area contributed by atoms with E-state index in [0.29, 0.717) is 11.3 Å². The molecule has 2 aromatic carbocycles. The van der Waals surface area contributed by atoms with Crippen LogP contribution in [0.1, 0.15) is 29.8 Å². The Labute approximate surface area is 172 Å². The second-order valence-electron chi connectivity index (χ2n) is 6.81. The normalized spacial score (nSPS) is 12.4. The minimum Gasteiger partial charge on any atom is -0.325 e. The molecular formula is C21H22F3N3O3. The van der Waals surface area contributed by atoms with Gasteiger partial charge in [-0.3, -0.25) is 19.3 Å². The van der Waals surface area contributed by atoms with Crippen LogP contribution in [0.25, 0.3) is 0 Å². The predicted molar refractivity (Wildman–Crippen MR) is 107 cm³/mol. The maximum absolute atomic E-state index is 13.0. The largest absolute Gasteiger partial charge is 0.418 e. The number of rotatable bonds is 7. The van der Waals surface area contributed by atoms with Crippen LogP contribution in [-0.2, 0) is 15.8 Å². The molecular weight excluding hydrogens is 399 g/mol. The van der Waals surface area contributed by atoms with Crippen LogP contribution in [0.4, 0.5) is 24.5 Å². The van der Waals surface area contributed by atoms with Gasteiger partial charge in [-0.2, -0.15) is 13.2 Å². The summed E-state index contributed by atoms with van der Waals surface area (Å²) in [5.41, 5.74) is -0.424. The highest BCUT2D eigenvalue weighted by atomic mass is 19.4. The Balaban J connectivity index is 1.99. The fourth-order valence-electron chi connectivity index (χ4n) is 2.66. The number of carbonyl (C=O) groups is 3. The number of benzene rings is 2. The van der Waals surface area contributed by atoms with E-state index in [-0.39, 0.29) is 18.0 Å². The minimum atomic E-state index is -4.60. The molecule has 6 nitrogen and oxygen atoms in total. The number of halogens is 3. The average molecular weight is 421 g/mol. The first-order valence-corrected chi connectivity index (χ1v) is 9.07. The zero-order valence-corrected chi connectivity index (χ0v) is 16.7. The summed E-state index contributed by atoms with van der Waals surface area (Å²) in [5, 5.41) is 4.90. The van der Waals surface area contributed by atoms with Crippen LogP contribution >= 0.6 is 0 Å². The monoisotopic (exact) mass is 421 g/mol. The molecule has 0 aliphatic carbocycles. The minimum absolute atomic E-state index is 0.146. The van der Waals surface area contributed by atoms with E-state index in [2.05, 4.69) is 10.6 Å². The van der Waals surface area contributed by atoms with Gasteiger partial charge >= 0.3 is 6.18 Å². The Kier molecular flexibility index (Phi) is 7.33. The predicted octanol–water partition coefficient (Wildman–Crippen LogP) is 3.81. The molecule has 0 heterocycles. The first kappa shape index (κ1) is 23.1. The van der Waals surface area contributed by atoms with E-state index >= 15 is 0 Å². The molecule has 0 radical (unpaired) electrons. The molecule has 0 saturated carbocycles. The van der Waals surface area contributed by atoms with Crippen molar-refractivity contribution in [2.75, 3.05) is 24.2 Å². The summed E-state index contributed by atoms with van der Waals surface area (Å²) in [6.45, 7) is 2.67. The van der Waals surface area contributed by atoms with Crippen molar-refractivity contribution in [3.05, 3.63) is 59.7 Å². The fraction of sp³-hybridized carbons (Fsp3) is 0.286. The van der Waals surface area contributed by atoms with Crippen molar-refractivity contribution in [1.29, 1.82) is 0 Å². The number of carbonyl (C=O) groups excluding carboxylic acids is 3. The summed E-state index contributed by atoms with van der Waals surface area (Å²) in [7, 11) is 1.51. The molecule has 0 saturated heterocycles. The third kappa shape index (κ3) is 6.15. The molecule has 0 aromatic heterocycles. The molecule has 9 heteroatoms. The smallest absolute Gasteiger partial charge is 0.325 e. The lowest BCUT2D eigenvalue weighted by molar-refractivity contribution is -0.137. The van der Waals surface area contributed by atoms with Gasteiger partial charge in [0.1, 0.15) is 0 Å². The lowest BCUT2D eigenvalue weighted by atomic mass is 10.1. The van der Waals surface area contributed by atoms with Crippen LogP contribution in [0.3, 0.4) is 0 Å². The van der Waals surface area contributed by atoms with Crippen molar-refractivity contribution in [3.8, 4) is 0 Å². The number of amides is 2. The number of hydrogen-bond acceptors (Lipinski definition) is 4. The summed E-state index contributed by atoms with van der Waals surface area (Å²) in [6, 6.07) is 10.3. The number of alkyl halides is 3. The molecule has 30 heavy (non-hydrogen) atoms. The summed E-state index contributed by atoms with van der Waals surface area (Å²) in [5.74, 6) is -1.26. The van der Waals surface area contributed by atoms with Gasteiger partial charge < -0.3 is 10.6 Å². The number of Topliss-reactive ketones (excluding diaryl/α,β-unsaturated/α-hetero) is 1. The van der Waals surface area contributed by atoms with Gasteiger partial charge in [-0.1, -0.05) is 24.3 Å². The molecule has 0 fully saturated rings. The zero-order chi connectivity index (χ0) is 22.5. The van der Waals surface area contributed by atoms with Crippen LogP contribution in [0.15, 0.2) is 48.5 Å². The quantitative estimate of drug-likeness (QED) is 0.667. The summed E-state index contributed by atoms with van der Waals surface area (Å²) in [4.78, 5) is 37.5. The van der Waals surface area contributed by atoms with Crippen molar-refractivity contribution in [2.24, 2.45) is 0 Å². The number of nitrogens with one attached hydrogen (secondary N) is 2. The molecule has 2 rings (SSSR count). The van der Waals surface area contributed by atoms with Gasteiger partial charge in [0.25, 0.3) is 0 Å². The lowest BCUT2D eigenvalue weighted by Gasteiger charge is -2.23. The van der Waals surface area contributed by atoms with Crippen LogP contribution in [0.2, 0.25) is 0 Å². The summed E-state index contributed by atoms with van der Waals surface area (Å²) < 4.78 is 39.1. The van der Waals surface area contributed by atoms with Crippen molar-refractivity contribution in [1.82, 2.24) is 4.90 Å². The molecule has 0 spiro atoms. The molecule has 0 bridgehead atoms. The van der Waals surface area contributed by atoms with Gasteiger partial charge in [-0.25, -0.2) is 0 Å². The third-order valence-electron chi connectivity index (χ3n) is 4.48. The number of hydrogen-bond donors (Lipinski definition) is 2. The van der Waals surface area contributed by atoms with Crippen molar-refractivity contribution < 1.29 is 27.6 Å². The zero-order valence-electron chi connectivity index (χ0n) is 16.7. The maximum atomic E-state index is 13.0. The number of nitrogens with zero attached hydrogens (tertiary/aromatic N) is 1. The molecule has 2 aromatic rings. The Hall–Kier alpha value is -3.20. The van der Waals surface area contributed by atoms with E-state index in [1.54, 1.807) is 25.1 Å². The Morgan fingerprint density at radius 2 is 1.70 bits per heavy atom. The van der Waals surface area contributed by atoms with Crippen LogP contribution in [0.5, 0.6) is 0 Å². The van der Waals surface area contributed by atoms with Gasteiger partial charge in [-0.15, -0.1) is 0 Å². The van der Waals surface area contributed by atoms with Gasteiger partial charge in [-0.05, 0) is 45.2 Å². The molecule has 0 aliphatic heterocycles. The van der Waals surface area contributed by atoms with Crippen LogP contribution in [0, 0.1) is 0 Å². The average Bonchev–Trinajstić information content (AvgIpc) is 2.66. The highest BCUT2D eigenvalue weighted by Crippen LogP contribution is 2.34. The fourth-order valence-corrected chi connectivity index (χ4v) is 2.66. The lowest BCUT2D eigenvalue weighted by Crippen LogP contribution is -2.43. The Bertz CT molecular complexity index is 944. The van der Waals surface area contributed by atoms with E-state index in [1.165, 1.54) is 43.1 Å². The molecule has 2 amide bonds. The van der Waals surface area contributed by atoms with E-state index in [9.17, 15) is 27.6 Å². The molecule has 160 valence electrons. The van der Waals surface area contributed by atoms with Crippen LogP contribution < -0.4 is 10.6 Å². The number of anilines is 2. The Morgan fingerprint density at radius 1 is 1.03 bits per heavy atom. The number of likely N-dealkylation sites (N-methyl/N-ethyl adjacent to an activating group) is 1. The van der Waals surface area contributed by atoms with Gasteiger partial charge in [0.05, 0.1) is 23.8 Å². The van der Waals surface area contributed by atoms with Gasteiger partial charge in [0.15, 0.2) is 5.78 Å². The maximum Gasteiger partial charge on any atom is 0.418 e. The second-order valence-corrected chi connectivity index (χ2v) is 6.81. The standard InChI is InChI=1S/C21H22F3N3O3/c1-13(20(30)25-16-8-6-7-15(11-16)14(2)28)27(3)12-19(29)26-18-10-5-4-9-17(18)21(22,23)24/h4-11,13H,12H2,1-3H3,(H,25,30)(H,26,29)/t13-/m0/s1. The molecule has 2 N–H and O–H groups in total. The van der Waals surface area contributed by atoms with E-state index in [4.69, 9.17) is 0 Å². The SMILES string of the molecule is CC(=O)c1cccc(NC(=O)[C@H](C)N(C)CC(=O)Nc2ccccc2C(F)(F)F)c1. The first-order chi connectivity index (χ1) is 14.0. The van der Waals surface area contributed by atoms with Crippen molar-refractivity contribution >= 4 is 29.0 Å². The van der Waals surface area contributed by atoms with E-state index in [1.807, 2.05) is 0 Å². The van der Waals surface area contributed by atoms with Gasteiger partial charge in [0.2, 0.25) is 11.8 Å². The van der Waals surface area contributed by atoms with E-state index in [0.717, 1.165) is 6.07 Å². The van der Waals surface area contributed by atoms with Gasteiger partial charge in [0, 0.05) is 11.3 Å². The molecule has 0 aliphatic rings. The third-order valence-corrected chi connectivity index (χ3v) is 4.48. The topological polar surface area (TPSA) is 78.5 Å². The van der Waals surface area contributed by atoms with Crippen LogP contribution in [-0.4, -0.2) is 42.1 Å². The molecule has 0 unspecified atom stereocenters. The van der Waals surface area contributed by atoms with Crippen molar-refractivity contribution in [2.45, 2.75) is 26.1 Å². The first-order valence-electron chi connectivity index (χ1n) is 9.07. The Morgan fingerprint density at radius 3 is 2.33 bits per heavy atom. The highest BCUT2D eigenvalue weighted by Gasteiger charge is 2.33.